The third-order valence-corrected chi connectivity index (χ3v) is 6.88. The lowest BCUT2D eigenvalue weighted by atomic mass is 9.84. The minimum absolute atomic E-state index is 0.0727. The molecule has 2 amide bonds. The average Bonchev–Trinajstić information content (AvgIpc) is 3.23. The largest absolute Gasteiger partial charge is 0.450 e. The van der Waals surface area contributed by atoms with Crippen molar-refractivity contribution >= 4 is 44.4 Å². The van der Waals surface area contributed by atoms with Crippen LogP contribution in [0.5, 0.6) is 0 Å². The number of rotatable bonds is 7. The van der Waals surface area contributed by atoms with Gasteiger partial charge in [0.15, 0.2) is 11.0 Å². The van der Waals surface area contributed by atoms with E-state index in [-0.39, 0.29) is 35.7 Å². The molecule has 3 heterocycles. The molecule has 0 bridgehead atoms. The number of carbonyl (C=O) groups is 2. The first-order valence-electron chi connectivity index (χ1n) is 11.2. The SMILES string of the molecule is C=CCN1C(=O)C2(c3ccccc31)c1c(oc3ccc(Br)cc3c1=O)C(=O)N2CCCOCC. The Bertz CT molecular complexity index is 1400. The second-order valence-corrected chi connectivity index (χ2v) is 9.13. The number of carbonyl (C=O) groups excluding carboxylic acids is 2. The van der Waals surface area contributed by atoms with Crippen LogP contribution >= 0.6 is 15.9 Å². The third-order valence-electron chi connectivity index (χ3n) is 6.38. The van der Waals surface area contributed by atoms with Crippen LogP contribution in [0, 0.1) is 0 Å². The highest BCUT2D eigenvalue weighted by molar-refractivity contribution is 9.10. The number of hydrogen-bond acceptors (Lipinski definition) is 5. The van der Waals surface area contributed by atoms with Crippen molar-refractivity contribution in [1.29, 1.82) is 0 Å². The predicted octanol–water partition coefficient (Wildman–Crippen LogP) is 4.21. The van der Waals surface area contributed by atoms with E-state index in [2.05, 4.69) is 22.5 Å². The highest BCUT2D eigenvalue weighted by Gasteiger charge is 2.64. The van der Waals surface area contributed by atoms with Gasteiger partial charge in [-0.3, -0.25) is 14.4 Å². The Kier molecular flexibility index (Phi) is 5.65. The van der Waals surface area contributed by atoms with Crippen molar-refractivity contribution in [3.63, 3.8) is 0 Å². The van der Waals surface area contributed by atoms with E-state index in [0.29, 0.717) is 46.3 Å². The fourth-order valence-electron chi connectivity index (χ4n) is 5.04. The molecule has 3 aromatic rings. The summed E-state index contributed by atoms with van der Waals surface area (Å²) in [6, 6.07) is 12.3. The Morgan fingerprint density at radius 2 is 1.97 bits per heavy atom. The summed E-state index contributed by atoms with van der Waals surface area (Å²) >= 11 is 3.40. The van der Waals surface area contributed by atoms with E-state index in [1.165, 1.54) is 4.90 Å². The number of amides is 2. The van der Waals surface area contributed by atoms with E-state index in [1.54, 1.807) is 35.2 Å². The number of anilines is 1. The summed E-state index contributed by atoms with van der Waals surface area (Å²) in [6.07, 6.45) is 2.14. The Hall–Kier alpha value is -3.23. The molecule has 8 heteroatoms. The minimum Gasteiger partial charge on any atom is -0.450 e. The minimum atomic E-state index is -1.60. The van der Waals surface area contributed by atoms with Crippen LogP contribution in [0.2, 0.25) is 0 Å². The first-order chi connectivity index (χ1) is 16.5. The van der Waals surface area contributed by atoms with Gasteiger partial charge in [0, 0.05) is 36.3 Å². The fraction of sp³-hybridized carbons (Fsp3) is 0.269. The quantitative estimate of drug-likeness (QED) is 0.343. The molecule has 34 heavy (non-hydrogen) atoms. The normalized spacial score (nSPS) is 18.8. The van der Waals surface area contributed by atoms with E-state index in [9.17, 15) is 14.4 Å². The van der Waals surface area contributed by atoms with Crippen molar-refractivity contribution < 1.29 is 18.7 Å². The molecule has 0 saturated heterocycles. The summed E-state index contributed by atoms with van der Waals surface area (Å²) in [7, 11) is 0. The van der Waals surface area contributed by atoms with E-state index >= 15 is 0 Å². The highest BCUT2D eigenvalue weighted by Crippen LogP contribution is 2.52. The molecule has 1 aromatic heterocycles. The summed E-state index contributed by atoms with van der Waals surface area (Å²) in [5.41, 5.74) is -0.378. The van der Waals surface area contributed by atoms with Gasteiger partial charge in [-0.25, -0.2) is 0 Å². The van der Waals surface area contributed by atoms with Gasteiger partial charge in [0.25, 0.3) is 11.8 Å². The number of ether oxygens (including phenoxy) is 1. The Labute approximate surface area is 204 Å². The van der Waals surface area contributed by atoms with Gasteiger partial charge in [-0.1, -0.05) is 40.2 Å². The average molecular weight is 523 g/mol. The molecule has 0 N–H and O–H groups in total. The summed E-state index contributed by atoms with van der Waals surface area (Å²) in [4.78, 5) is 45.0. The molecular formula is C26H23BrN2O5. The lowest BCUT2D eigenvalue weighted by molar-refractivity contribution is -0.126. The van der Waals surface area contributed by atoms with Gasteiger partial charge in [0.1, 0.15) is 5.58 Å². The number of hydrogen-bond donors (Lipinski definition) is 0. The maximum atomic E-state index is 14.2. The van der Waals surface area contributed by atoms with E-state index < -0.39 is 11.4 Å². The van der Waals surface area contributed by atoms with Crippen LogP contribution in [0.3, 0.4) is 0 Å². The summed E-state index contributed by atoms with van der Waals surface area (Å²) in [5, 5.41) is 0.309. The van der Waals surface area contributed by atoms with Crippen LogP contribution in [0.4, 0.5) is 5.69 Å². The number of fused-ring (bicyclic) bond motifs is 5. The maximum Gasteiger partial charge on any atom is 0.291 e. The zero-order valence-corrected chi connectivity index (χ0v) is 20.3. The van der Waals surface area contributed by atoms with Crippen molar-refractivity contribution in [3.05, 3.63) is 86.7 Å². The van der Waals surface area contributed by atoms with Gasteiger partial charge in [-0.05, 0) is 37.6 Å². The molecule has 1 atom stereocenters. The molecule has 1 unspecified atom stereocenters. The second-order valence-electron chi connectivity index (χ2n) is 8.22. The summed E-state index contributed by atoms with van der Waals surface area (Å²) in [6.45, 7) is 7.14. The van der Waals surface area contributed by atoms with Gasteiger partial charge in [0.05, 0.1) is 16.6 Å². The molecule has 0 fully saturated rings. The first-order valence-corrected chi connectivity index (χ1v) is 11.9. The smallest absolute Gasteiger partial charge is 0.291 e. The molecule has 1 spiro atoms. The maximum absolute atomic E-state index is 14.2. The van der Waals surface area contributed by atoms with E-state index in [4.69, 9.17) is 9.15 Å². The van der Waals surface area contributed by atoms with Gasteiger partial charge in [-0.15, -0.1) is 6.58 Å². The lowest BCUT2D eigenvalue weighted by Gasteiger charge is -2.34. The van der Waals surface area contributed by atoms with Gasteiger partial charge >= 0.3 is 0 Å². The molecule has 2 aliphatic heterocycles. The number of halogens is 1. The fourth-order valence-corrected chi connectivity index (χ4v) is 5.40. The molecule has 0 saturated carbocycles. The summed E-state index contributed by atoms with van der Waals surface area (Å²) < 4.78 is 12.2. The molecule has 174 valence electrons. The van der Waals surface area contributed by atoms with Crippen LogP contribution in [-0.2, 0) is 15.1 Å². The van der Waals surface area contributed by atoms with Crippen LogP contribution in [0.15, 0.2) is 68.8 Å². The van der Waals surface area contributed by atoms with Crippen molar-refractivity contribution in [2.24, 2.45) is 0 Å². The van der Waals surface area contributed by atoms with Crippen LogP contribution < -0.4 is 10.3 Å². The van der Waals surface area contributed by atoms with Crippen LogP contribution in [-0.4, -0.2) is 43.0 Å². The van der Waals surface area contributed by atoms with Gasteiger partial charge in [-0.2, -0.15) is 0 Å². The van der Waals surface area contributed by atoms with Crippen LogP contribution in [0.25, 0.3) is 11.0 Å². The molecule has 2 aliphatic rings. The second kappa shape index (κ2) is 8.52. The molecule has 0 aliphatic carbocycles. The highest BCUT2D eigenvalue weighted by atomic mass is 79.9. The molecule has 5 rings (SSSR count). The number of nitrogens with zero attached hydrogens (tertiary/aromatic N) is 2. The monoisotopic (exact) mass is 522 g/mol. The zero-order valence-electron chi connectivity index (χ0n) is 18.7. The molecule has 0 radical (unpaired) electrons. The molecule has 7 nitrogen and oxygen atoms in total. The van der Waals surface area contributed by atoms with Gasteiger partial charge in [0.2, 0.25) is 5.76 Å². The van der Waals surface area contributed by atoms with Crippen molar-refractivity contribution in [1.82, 2.24) is 4.90 Å². The standard InChI is InChI=1S/C26H23BrN2O5/c1-3-12-28-19-9-6-5-8-18(19)26(25(28)32)21-22(30)17-15-16(27)10-11-20(17)34-23(21)24(31)29(26)13-7-14-33-4-2/h3,5-6,8-11,15H,1,4,7,12-14H2,2H3. The van der Waals surface area contributed by atoms with Crippen molar-refractivity contribution in [2.75, 3.05) is 31.2 Å². The first kappa shape index (κ1) is 22.6. The zero-order chi connectivity index (χ0) is 24.0. The topological polar surface area (TPSA) is 80.1 Å². The number of para-hydroxylation sites is 1. The van der Waals surface area contributed by atoms with Gasteiger partial charge < -0.3 is 19.0 Å². The Morgan fingerprint density at radius 3 is 2.74 bits per heavy atom. The molecular weight excluding hydrogens is 500 g/mol. The Morgan fingerprint density at radius 1 is 1.18 bits per heavy atom. The van der Waals surface area contributed by atoms with Crippen LogP contribution in [0.1, 0.15) is 35.0 Å². The van der Waals surface area contributed by atoms with E-state index in [1.807, 2.05) is 25.1 Å². The van der Waals surface area contributed by atoms with Crippen molar-refractivity contribution in [3.8, 4) is 0 Å². The summed E-state index contributed by atoms with van der Waals surface area (Å²) in [5.74, 6) is -0.921. The Balaban J connectivity index is 1.82. The third kappa shape index (κ3) is 3.02. The van der Waals surface area contributed by atoms with E-state index in [0.717, 1.165) is 0 Å². The van der Waals surface area contributed by atoms with Crippen molar-refractivity contribution in [2.45, 2.75) is 18.9 Å². The predicted molar refractivity (Wildman–Crippen MR) is 132 cm³/mol. The lowest BCUT2D eigenvalue weighted by Crippen LogP contribution is -2.53. The number of benzene rings is 2. The molecule has 2 aromatic carbocycles.